The molecule has 5 aromatic rings. The lowest BCUT2D eigenvalue weighted by Gasteiger charge is -2.13. The van der Waals surface area contributed by atoms with E-state index in [1.807, 2.05) is 24.3 Å². The Labute approximate surface area is 228 Å². The molecule has 2 aromatic heterocycles. The van der Waals surface area contributed by atoms with Gasteiger partial charge in [-0.2, -0.15) is 0 Å². The standard InChI is InChI=1S/C26H21Cl2N5O2S2/c1-17-6-2-3-7-19(17)16-36-26-32-31-24(33(26)22-12-11-20(27)14-21(22)28)15-30-37(34,35)23-10-4-8-18-9-5-13-29-25(18)23/h2-14,30H,15-16H2,1H3. The highest BCUT2D eigenvalue weighted by Crippen LogP contribution is 2.31. The number of hydrogen-bond acceptors (Lipinski definition) is 6. The molecule has 0 spiro atoms. The van der Waals surface area contributed by atoms with Crippen LogP contribution in [0.25, 0.3) is 16.6 Å². The number of fused-ring (bicyclic) bond motifs is 1. The second kappa shape index (κ2) is 10.8. The van der Waals surface area contributed by atoms with Crippen molar-refractivity contribution < 1.29 is 8.42 Å². The molecule has 0 aliphatic carbocycles. The Morgan fingerprint density at radius 2 is 1.78 bits per heavy atom. The normalized spacial score (nSPS) is 11.8. The molecule has 2 heterocycles. The van der Waals surface area contributed by atoms with E-state index in [1.165, 1.54) is 23.4 Å². The van der Waals surface area contributed by atoms with E-state index in [-0.39, 0.29) is 11.4 Å². The monoisotopic (exact) mass is 569 g/mol. The molecule has 0 amide bonds. The highest BCUT2D eigenvalue weighted by molar-refractivity contribution is 7.98. The maximum atomic E-state index is 13.3. The van der Waals surface area contributed by atoms with Crippen LogP contribution in [0.2, 0.25) is 10.0 Å². The van der Waals surface area contributed by atoms with Crippen LogP contribution in [0.4, 0.5) is 0 Å². The van der Waals surface area contributed by atoms with Crippen molar-refractivity contribution in [2.45, 2.75) is 29.3 Å². The van der Waals surface area contributed by atoms with Crippen LogP contribution >= 0.6 is 35.0 Å². The van der Waals surface area contributed by atoms with Crippen molar-refractivity contribution in [2.75, 3.05) is 0 Å². The fourth-order valence-electron chi connectivity index (χ4n) is 3.86. The van der Waals surface area contributed by atoms with Crippen LogP contribution in [-0.2, 0) is 22.3 Å². The van der Waals surface area contributed by atoms with Gasteiger partial charge in [0.05, 0.1) is 22.8 Å². The number of para-hydroxylation sites is 1. The molecule has 5 rings (SSSR count). The largest absolute Gasteiger partial charge is 0.271 e. The molecule has 7 nitrogen and oxygen atoms in total. The molecule has 0 aliphatic heterocycles. The van der Waals surface area contributed by atoms with Crippen LogP contribution < -0.4 is 4.72 Å². The number of thioether (sulfide) groups is 1. The summed E-state index contributed by atoms with van der Waals surface area (Å²) in [5.41, 5.74) is 3.33. The molecule has 188 valence electrons. The van der Waals surface area contributed by atoms with Crippen LogP contribution in [0, 0.1) is 6.92 Å². The number of nitrogens with zero attached hydrogens (tertiary/aromatic N) is 4. The first kappa shape index (κ1) is 25.7. The van der Waals surface area contributed by atoms with Crippen molar-refractivity contribution in [3.8, 4) is 5.69 Å². The molecule has 0 unspecified atom stereocenters. The van der Waals surface area contributed by atoms with Gasteiger partial charge in [-0.25, -0.2) is 13.1 Å². The van der Waals surface area contributed by atoms with Gasteiger partial charge >= 0.3 is 0 Å². The predicted octanol–water partition coefficient (Wildman–Crippen LogP) is 6.20. The molecule has 0 aliphatic rings. The molecule has 0 saturated carbocycles. The number of pyridine rings is 1. The second-order valence-electron chi connectivity index (χ2n) is 8.20. The summed E-state index contributed by atoms with van der Waals surface area (Å²) < 4.78 is 31.0. The van der Waals surface area contributed by atoms with Crippen LogP contribution in [-0.4, -0.2) is 28.2 Å². The van der Waals surface area contributed by atoms with Gasteiger partial charge in [-0.3, -0.25) is 9.55 Å². The van der Waals surface area contributed by atoms with Crippen molar-refractivity contribution in [3.05, 3.63) is 106 Å². The summed E-state index contributed by atoms with van der Waals surface area (Å²) in [6.07, 6.45) is 1.57. The summed E-state index contributed by atoms with van der Waals surface area (Å²) in [7, 11) is -3.91. The Kier molecular flexibility index (Phi) is 7.50. The number of aromatic nitrogens is 4. The zero-order chi connectivity index (χ0) is 26.0. The van der Waals surface area contributed by atoms with Gasteiger partial charge < -0.3 is 0 Å². The fourth-order valence-corrected chi connectivity index (χ4v) is 6.55. The summed E-state index contributed by atoms with van der Waals surface area (Å²) in [4.78, 5) is 4.36. The second-order valence-corrected chi connectivity index (χ2v) is 11.7. The van der Waals surface area contributed by atoms with E-state index >= 15 is 0 Å². The van der Waals surface area contributed by atoms with Gasteiger partial charge in [0.15, 0.2) is 11.0 Å². The third-order valence-electron chi connectivity index (χ3n) is 5.77. The molecule has 0 fully saturated rings. The van der Waals surface area contributed by atoms with Gasteiger partial charge in [0.25, 0.3) is 0 Å². The van der Waals surface area contributed by atoms with Gasteiger partial charge in [0.1, 0.15) is 4.90 Å². The molecule has 11 heteroatoms. The van der Waals surface area contributed by atoms with Gasteiger partial charge in [0.2, 0.25) is 10.0 Å². The quantitative estimate of drug-likeness (QED) is 0.224. The van der Waals surface area contributed by atoms with E-state index in [1.54, 1.807) is 41.1 Å². The smallest absolute Gasteiger partial charge is 0.243 e. The maximum absolute atomic E-state index is 13.3. The Bertz CT molecular complexity index is 1700. The first-order chi connectivity index (χ1) is 17.8. The zero-order valence-electron chi connectivity index (χ0n) is 19.6. The van der Waals surface area contributed by atoms with Gasteiger partial charge in [0, 0.05) is 22.4 Å². The van der Waals surface area contributed by atoms with Crippen molar-refractivity contribution in [1.82, 2.24) is 24.5 Å². The minimum atomic E-state index is -3.91. The first-order valence-electron chi connectivity index (χ1n) is 11.2. The van der Waals surface area contributed by atoms with Crippen LogP contribution in [0.5, 0.6) is 0 Å². The summed E-state index contributed by atoms with van der Waals surface area (Å²) in [5, 5.41) is 10.9. The lowest BCUT2D eigenvalue weighted by molar-refractivity contribution is 0.579. The summed E-state index contributed by atoms with van der Waals surface area (Å²) >= 11 is 14.2. The average Bonchev–Trinajstić information content (AvgIpc) is 3.29. The van der Waals surface area contributed by atoms with E-state index in [4.69, 9.17) is 23.2 Å². The Morgan fingerprint density at radius 3 is 2.59 bits per heavy atom. The minimum Gasteiger partial charge on any atom is -0.271 e. The summed E-state index contributed by atoms with van der Waals surface area (Å²) in [6.45, 7) is 1.95. The van der Waals surface area contributed by atoms with Crippen LogP contribution in [0.1, 0.15) is 17.0 Å². The minimum absolute atomic E-state index is 0.0929. The average molecular weight is 571 g/mol. The van der Waals surface area contributed by atoms with Crippen molar-refractivity contribution in [3.63, 3.8) is 0 Å². The molecule has 0 atom stereocenters. The summed E-state index contributed by atoms with van der Waals surface area (Å²) in [5.74, 6) is 1.04. The highest BCUT2D eigenvalue weighted by atomic mass is 35.5. The lowest BCUT2D eigenvalue weighted by atomic mass is 10.1. The van der Waals surface area contributed by atoms with E-state index < -0.39 is 10.0 Å². The maximum Gasteiger partial charge on any atom is 0.243 e. The van der Waals surface area contributed by atoms with Crippen LogP contribution in [0.15, 0.2) is 89.0 Å². The number of hydrogen-bond donors (Lipinski definition) is 1. The Hall–Kier alpha value is -2.95. The first-order valence-corrected chi connectivity index (χ1v) is 14.5. The topological polar surface area (TPSA) is 89.8 Å². The number of aryl methyl sites for hydroxylation is 1. The number of sulfonamides is 1. The molecule has 0 saturated heterocycles. The molecular formula is C26H21Cl2N5O2S2. The Morgan fingerprint density at radius 1 is 0.973 bits per heavy atom. The summed E-state index contributed by atoms with van der Waals surface area (Å²) in [6, 6.07) is 21.8. The fraction of sp³-hybridized carbons (Fsp3) is 0.115. The molecular weight excluding hydrogens is 549 g/mol. The SMILES string of the molecule is Cc1ccccc1CSc1nnc(CNS(=O)(=O)c2cccc3cccnc23)n1-c1ccc(Cl)cc1Cl. The number of halogens is 2. The van der Waals surface area contributed by atoms with Crippen molar-refractivity contribution in [2.24, 2.45) is 0 Å². The highest BCUT2D eigenvalue weighted by Gasteiger charge is 2.22. The van der Waals surface area contributed by atoms with Gasteiger partial charge in [-0.1, -0.05) is 77.4 Å². The molecule has 0 bridgehead atoms. The molecule has 1 N–H and O–H groups in total. The zero-order valence-corrected chi connectivity index (χ0v) is 22.7. The van der Waals surface area contributed by atoms with Gasteiger partial charge in [-0.15, -0.1) is 10.2 Å². The molecule has 37 heavy (non-hydrogen) atoms. The third-order valence-corrected chi connectivity index (χ3v) is 8.72. The number of nitrogens with one attached hydrogen (secondary N) is 1. The number of rotatable bonds is 8. The van der Waals surface area contributed by atoms with E-state index in [9.17, 15) is 8.42 Å². The third kappa shape index (κ3) is 5.51. The van der Waals surface area contributed by atoms with Crippen LogP contribution in [0.3, 0.4) is 0 Å². The van der Waals surface area contributed by atoms with E-state index in [0.29, 0.717) is 38.0 Å². The van der Waals surface area contributed by atoms with E-state index in [2.05, 4.69) is 39.0 Å². The Balaban J connectivity index is 1.48. The van der Waals surface area contributed by atoms with Crippen molar-refractivity contribution in [1.29, 1.82) is 0 Å². The lowest BCUT2D eigenvalue weighted by Crippen LogP contribution is -2.25. The molecule has 3 aromatic carbocycles. The van der Waals surface area contributed by atoms with E-state index in [0.717, 1.165) is 10.9 Å². The molecule has 0 radical (unpaired) electrons. The van der Waals surface area contributed by atoms with Gasteiger partial charge in [-0.05, 0) is 48.4 Å². The predicted molar refractivity (Wildman–Crippen MR) is 148 cm³/mol. The number of benzene rings is 3. The van der Waals surface area contributed by atoms with Crippen molar-refractivity contribution >= 4 is 55.9 Å².